The predicted molar refractivity (Wildman–Crippen MR) is 231 cm³/mol. The molecule has 0 aliphatic heterocycles. The lowest BCUT2D eigenvalue weighted by molar-refractivity contribution is -0.697. The van der Waals surface area contributed by atoms with E-state index in [0.29, 0.717) is 39.1 Å². The molecule has 10 atom stereocenters. The molecule has 5 fully saturated rings. The van der Waals surface area contributed by atoms with E-state index in [1.165, 1.54) is 153 Å². The first-order chi connectivity index (χ1) is 26.2. The zero-order chi connectivity index (χ0) is 39.5. The molecule has 0 aromatic carbocycles. The summed E-state index contributed by atoms with van der Waals surface area (Å²) in [7, 11) is 0. The molecule has 5 aliphatic carbocycles. The Morgan fingerprint density at radius 3 is 2.00 bits per heavy atom. The van der Waals surface area contributed by atoms with Crippen molar-refractivity contribution in [2.75, 3.05) is 0 Å². The van der Waals surface area contributed by atoms with Crippen molar-refractivity contribution < 1.29 is 14.1 Å². The lowest BCUT2D eigenvalue weighted by Crippen LogP contribution is -2.66. The van der Waals surface area contributed by atoms with Gasteiger partial charge in [0.25, 0.3) is 0 Å². The van der Waals surface area contributed by atoms with Gasteiger partial charge < -0.3 is 4.74 Å². The van der Waals surface area contributed by atoms with Crippen LogP contribution < -0.4 is 4.57 Å². The second-order valence-corrected chi connectivity index (χ2v) is 22.0. The van der Waals surface area contributed by atoms with Gasteiger partial charge in [0.05, 0.1) is 0 Å². The van der Waals surface area contributed by atoms with Crippen molar-refractivity contribution in [2.24, 2.45) is 56.7 Å². The third-order valence-electron chi connectivity index (χ3n) is 18.5. The quantitative estimate of drug-likeness (QED) is 0.0646. The molecule has 5 aliphatic rings. The number of hydrogen-bond donors (Lipinski definition) is 0. The number of hydrogen-bond acceptors (Lipinski definition) is 2. The number of pyridine rings is 1. The smallest absolute Gasteiger partial charge is 0.344 e. The lowest BCUT2D eigenvalue weighted by atomic mass is 9.32. The topological polar surface area (TPSA) is 30.2 Å². The maximum atomic E-state index is 13.8. The molecule has 1 aromatic heterocycles. The van der Waals surface area contributed by atoms with Crippen LogP contribution in [0.4, 0.5) is 0 Å². The van der Waals surface area contributed by atoms with Crippen LogP contribution in [0.2, 0.25) is 0 Å². The Morgan fingerprint density at radius 1 is 0.727 bits per heavy atom. The molecule has 1 heterocycles. The van der Waals surface area contributed by atoms with E-state index in [4.69, 9.17) is 4.74 Å². The molecule has 55 heavy (non-hydrogen) atoms. The SMILES string of the molecule is C=C(C)[C@@H]1CC[C@]2(C)CC[C@]3(C)[C@@H](CC[C@@H]4[C@@]5(C)CC[C@H](OC(=O)c6ccc[n+](CCCCCCCCCCCCCCCC)c6)C(C)(C)[C@@H]5CC[C@]43C)[C@H]12. The van der Waals surface area contributed by atoms with E-state index in [2.05, 4.69) is 72.7 Å². The number of rotatable bonds is 18. The Morgan fingerprint density at radius 2 is 1.36 bits per heavy atom. The molecule has 0 saturated heterocycles. The van der Waals surface area contributed by atoms with Crippen LogP contribution in [0.5, 0.6) is 0 Å². The number of fused-ring (bicyclic) bond motifs is 7. The number of allylic oxidation sites excluding steroid dienone is 1. The van der Waals surface area contributed by atoms with Crippen molar-refractivity contribution in [2.45, 2.75) is 222 Å². The Bertz CT molecular complexity index is 1450. The number of esters is 1. The molecule has 3 nitrogen and oxygen atoms in total. The Kier molecular flexibility index (Phi) is 13.8. The summed E-state index contributed by atoms with van der Waals surface area (Å²) in [5.74, 6) is 3.55. The van der Waals surface area contributed by atoms with Gasteiger partial charge in [-0.1, -0.05) is 138 Å². The molecule has 0 radical (unpaired) electrons. The first-order valence-electron chi connectivity index (χ1n) is 24.1. The summed E-state index contributed by atoms with van der Waals surface area (Å²) in [6.07, 6.45) is 36.5. The first-order valence-corrected chi connectivity index (χ1v) is 24.1. The van der Waals surface area contributed by atoms with Crippen LogP contribution in [-0.2, 0) is 11.3 Å². The minimum atomic E-state index is -0.125. The van der Waals surface area contributed by atoms with Crippen LogP contribution in [-0.4, -0.2) is 12.1 Å². The predicted octanol–water partition coefficient (Wildman–Crippen LogP) is 14.7. The Labute approximate surface area is 340 Å². The molecular weight excluding hydrogens is 671 g/mol. The van der Waals surface area contributed by atoms with Gasteiger partial charge >= 0.3 is 5.97 Å². The van der Waals surface area contributed by atoms with E-state index in [1.807, 2.05) is 18.3 Å². The van der Waals surface area contributed by atoms with Crippen LogP contribution in [0.25, 0.3) is 0 Å². The van der Waals surface area contributed by atoms with Crippen LogP contribution in [0.15, 0.2) is 36.7 Å². The van der Waals surface area contributed by atoms with Crippen LogP contribution in [0.3, 0.4) is 0 Å². The minimum Gasteiger partial charge on any atom is -0.458 e. The van der Waals surface area contributed by atoms with E-state index in [0.717, 1.165) is 30.7 Å². The number of carbonyl (C=O) groups excluding carboxylic acids is 1. The summed E-state index contributed by atoms with van der Waals surface area (Å²) in [6, 6.07) is 4.01. The molecule has 0 spiro atoms. The highest BCUT2D eigenvalue weighted by molar-refractivity contribution is 5.88. The maximum Gasteiger partial charge on any atom is 0.344 e. The van der Waals surface area contributed by atoms with Crippen molar-refractivity contribution in [3.8, 4) is 0 Å². The fraction of sp³-hybridized carbons (Fsp3) is 0.846. The summed E-state index contributed by atoms with van der Waals surface area (Å²) in [4.78, 5) is 13.8. The standard InChI is InChI=1S/C52H86NO2/c1-10-11-12-13-14-15-16-17-18-19-20-21-22-23-36-53-37-24-25-40(38-53)47(54)55-45-30-32-50(7)43(48(45,4)5)29-33-52(9)44(50)27-26-42-46-41(39(2)3)28-31-49(46,6)34-35-51(42,52)8/h24-25,37-38,41-46H,2,10-23,26-36H2,1,3-9H3/q+1/t41-,42-,43-,44+,45-,46-,49+,50-,51+,52+/m0/s1. The second kappa shape index (κ2) is 17.7. The highest BCUT2D eigenvalue weighted by Crippen LogP contribution is 2.77. The summed E-state index contributed by atoms with van der Waals surface area (Å²) >= 11 is 0. The fourth-order valence-corrected chi connectivity index (χ4v) is 15.1. The number of unbranched alkanes of at least 4 members (excludes halogenated alkanes) is 13. The lowest BCUT2D eigenvalue weighted by Gasteiger charge is -2.73. The number of aryl methyl sites for hydroxylation is 1. The van der Waals surface area contributed by atoms with Gasteiger partial charge in [-0.25, -0.2) is 9.36 Å². The van der Waals surface area contributed by atoms with Crippen molar-refractivity contribution in [3.63, 3.8) is 0 Å². The Hall–Kier alpha value is -1.64. The van der Waals surface area contributed by atoms with Crippen molar-refractivity contribution in [1.29, 1.82) is 0 Å². The van der Waals surface area contributed by atoms with Gasteiger partial charge in [-0.3, -0.25) is 0 Å². The number of aromatic nitrogens is 1. The van der Waals surface area contributed by atoms with Crippen molar-refractivity contribution in [1.82, 2.24) is 0 Å². The van der Waals surface area contributed by atoms with Crippen molar-refractivity contribution >= 4 is 5.97 Å². The molecule has 3 heteroatoms. The monoisotopic (exact) mass is 757 g/mol. The highest BCUT2D eigenvalue weighted by Gasteiger charge is 2.70. The fourth-order valence-electron chi connectivity index (χ4n) is 15.1. The summed E-state index contributed by atoms with van der Waals surface area (Å²) in [5, 5.41) is 0. The van der Waals surface area contributed by atoms with Gasteiger partial charge in [-0.2, -0.15) is 0 Å². The molecule has 6 rings (SSSR count). The van der Waals surface area contributed by atoms with Crippen LogP contribution in [0.1, 0.15) is 220 Å². The zero-order valence-electron chi connectivity index (χ0n) is 37.4. The number of nitrogens with zero attached hydrogens (tertiary/aromatic N) is 1. The molecule has 310 valence electrons. The van der Waals surface area contributed by atoms with Gasteiger partial charge in [0.1, 0.15) is 18.2 Å². The number of ether oxygens (including phenoxy) is 1. The van der Waals surface area contributed by atoms with Crippen molar-refractivity contribution in [3.05, 3.63) is 42.2 Å². The van der Waals surface area contributed by atoms with E-state index < -0.39 is 0 Å². The average Bonchev–Trinajstić information content (AvgIpc) is 3.51. The van der Waals surface area contributed by atoms with Gasteiger partial charge in [0, 0.05) is 17.9 Å². The van der Waals surface area contributed by atoms with Crippen LogP contribution in [0, 0.1) is 56.7 Å². The third-order valence-corrected chi connectivity index (χ3v) is 18.5. The van der Waals surface area contributed by atoms with Crippen LogP contribution >= 0.6 is 0 Å². The minimum absolute atomic E-state index is 0.0287. The van der Waals surface area contributed by atoms with Gasteiger partial charge in [-0.05, 0) is 135 Å². The van der Waals surface area contributed by atoms with Gasteiger partial charge in [0.15, 0.2) is 12.4 Å². The summed E-state index contributed by atoms with van der Waals surface area (Å²) in [5.41, 5.74) is 3.69. The Balaban J connectivity index is 0.992. The second-order valence-electron chi connectivity index (χ2n) is 22.0. The summed E-state index contributed by atoms with van der Waals surface area (Å²) < 4.78 is 8.79. The van der Waals surface area contributed by atoms with E-state index in [9.17, 15) is 4.79 Å². The van der Waals surface area contributed by atoms with E-state index in [-0.39, 0.29) is 17.5 Å². The molecular formula is C52H86NO2+. The maximum absolute atomic E-state index is 13.8. The highest BCUT2D eigenvalue weighted by atomic mass is 16.5. The molecule has 0 unspecified atom stereocenters. The molecule has 0 amide bonds. The van der Waals surface area contributed by atoms with E-state index in [1.54, 1.807) is 0 Å². The van der Waals surface area contributed by atoms with Gasteiger partial charge in [0.2, 0.25) is 0 Å². The normalized spacial score (nSPS) is 37.7. The zero-order valence-corrected chi connectivity index (χ0v) is 37.4. The van der Waals surface area contributed by atoms with Gasteiger partial charge in [-0.15, -0.1) is 0 Å². The largest absolute Gasteiger partial charge is 0.458 e. The van der Waals surface area contributed by atoms with E-state index >= 15 is 0 Å². The molecule has 0 N–H and O–H groups in total. The molecule has 5 saturated carbocycles. The number of carbonyl (C=O) groups is 1. The summed E-state index contributed by atoms with van der Waals surface area (Å²) in [6.45, 7) is 25.9. The third kappa shape index (κ3) is 8.45. The first kappa shape index (κ1) is 43.0. The average molecular weight is 757 g/mol. The molecule has 1 aromatic rings. The molecule has 0 bridgehead atoms.